The molecule has 1 N–H and O–H groups in total. The van der Waals surface area contributed by atoms with Crippen molar-refractivity contribution < 1.29 is 4.21 Å². The lowest BCUT2D eigenvalue weighted by Crippen LogP contribution is -2.39. The molecule has 0 spiro atoms. The van der Waals surface area contributed by atoms with Crippen molar-refractivity contribution in [3.63, 3.8) is 0 Å². The van der Waals surface area contributed by atoms with Crippen LogP contribution in [0.25, 0.3) is 0 Å². The third-order valence-corrected chi connectivity index (χ3v) is 4.53. The zero-order valence-corrected chi connectivity index (χ0v) is 10.2. The van der Waals surface area contributed by atoms with E-state index >= 15 is 0 Å². The molecule has 1 fully saturated rings. The molecule has 0 aliphatic carbocycles. The summed E-state index contributed by atoms with van der Waals surface area (Å²) >= 11 is 2.03. The first-order chi connectivity index (χ1) is 6.08. The second kappa shape index (κ2) is 5.37. The topological polar surface area (TPSA) is 29.1 Å². The van der Waals surface area contributed by atoms with Gasteiger partial charge in [0.1, 0.15) is 0 Å². The van der Waals surface area contributed by atoms with Crippen LogP contribution >= 0.6 is 11.8 Å². The molecular formula is C9H19NOS2. The third kappa shape index (κ3) is 4.47. The molecule has 0 amide bonds. The maximum Gasteiger partial charge on any atom is 0.0383 e. The van der Waals surface area contributed by atoms with Gasteiger partial charge in [0, 0.05) is 45.9 Å². The average molecular weight is 221 g/mol. The van der Waals surface area contributed by atoms with Crippen LogP contribution in [-0.4, -0.2) is 39.3 Å². The van der Waals surface area contributed by atoms with E-state index in [0.717, 1.165) is 11.0 Å². The minimum absolute atomic E-state index is 0.390. The summed E-state index contributed by atoms with van der Waals surface area (Å²) < 4.78 is 11.0. The smallest absolute Gasteiger partial charge is 0.0383 e. The first-order valence-electron chi connectivity index (χ1n) is 4.75. The largest absolute Gasteiger partial charge is 0.310 e. The van der Waals surface area contributed by atoms with Crippen molar-refractivity contribution in [2.24, 2.45) is 0 Å². The predicted molar refractivity (Wildman–Crippen MR) is 61.9 cm³/mol. The highest BCUT2D eigenvalue weighted by atomic mass is 32.2. The van der Waals surface area contributed by atoms with Gasteiger partial charge in [-0.1, -0.05) is 6.92 Å². The van der Waals surface area contributed by atoms with Crippen LogP contribution in [0.3, 0.4) is 0 Å². The zero-order chi connectivity index (χ0) is 9.84. The molecule has 0 saturated carbocycles. The molecule has 4 atom stereocenters. The molecule has 4 heteroatoms. The normalized spacial score (nSPS) is 33.2. The monoisotopic (exact) mass is 221 g/mol. The second-order valence-corrected chi connectivity index (χ2v) is 6.84. The molecule has 1 rings (SSSR count). The fourth-order valence-corrected chi connectivity index (χ4v) is 3.70. The lowest BCUT2D eigenvalue weighted by atomic mass is 10.2. The van der Waals surface area contributed by atoms with E-state index in [1.54, 1.807) is 6.26 Å². The van der Waals surface area contributed by atoms with Gasteiger partial charge in [-0.15, -0.1) is 0 Å². The summed E-state index contributed by atoms with van der Waals surface area (Å²) in [5, 5.41) is 4.32. The first kappa shape index (κ1) is 11.5. The molecule has 4 unspecified atom stereocenters. The molecule has 13 heavy (non-hydrogen) atoms. The number of hydrogen-bond donors (Lipinski definition) is 1. The van der Waals surface area contributed by atoms with E-state index in [2.05, 4.69) is 19.2 Å². The molecule has 1 aliphatic rings. The standard InChI is InChI=1S/C9H19NOS2/c1-7(6-13(3)11)10-9-4-8(2)12-5-9/h7-10H,4-6H2,1-3H3. The molecule has 0 radical (unpaired) electrons. The Bertz CT molecular complexity index is 186. The van der Waals surface area contributed by atoms with Gasteiger partial charge in [-0.25, -0.2) is 0 Å². The molecule has 0 aromatic heterocycles. The summed E-state index contributed by atoms with van der Waals surface area (Å²) in [4.78, 5) is 0. The number of nitrogens with one attached hydrogen (secondary N) is 1. The summed E-state index contributed by atoms with van der Waals surface area (Å²) in [6.07, 6.45) is 3.02. The van der Waals surface area contributed by atoms with Gasteiger partial charge in [-0.3, -0.25) is 4.21 Å². The van der Waals surface area contributed by atoms with Crippen LogP contribution in [0, 0.1) is 0 Å². The van der Waals surface area contributed by atoms with Crippen LogP contribution in [0.15, 0.2) is 0 Å². The van der Waals surface area contributed by atoms with Gasteiger partial charge >= 0.3 is 0 Å². The molecule has 0 aromatic rings. The Kier molecular flexibility index (Phi) is 4.76. The Labute approximate surface area is 87.7 Å². The van der Waals surface area contributed by atoms with Crippen molar-refractivity contribution in [2.75, 3.05) is 17.8 Å². The van der Waals surface area contributed by atoms with Crippen molar-refractivity contribution in [3.8, 4) is 0 Å². The van der Waals surface area contributed by atoms with Crippen molar-refractivity contribution in [1.82, 2.24) is 5.32 Å². The Morgan fingerprint density at radius 2 is 2.38 bits per heavy atom. The van der Waals surface area contributed by atoms with Gasteiger partial charge in [-0.05, 0) is 13.3 Å². The third-order valence-electron chi connectivity index (χ3n) is 2.20. The summed E-state index contributed by atoms with van der Waals surface area (Å²) in [7, 11) is -0.674. The summed E-state index contributed by atoms with van der Waals surface area (Å²) in [5.74, 6) is 1.98. The van der Waals surface area contributed by atoms with E-state index in [0.29, 0.717) is 12.1 Å². The van der Waals surface area contributed by atoms with E-state index < -0.39 is 10.8 Å². The van der Waals surface area contributed by atoms with Gasteiger partial charge in [-0.2, -0.15) is 11.8 Å². The van der Waals surface area contributed by atoms with Gasteiger partial charge in [0.15, 0.2) is 0 Å². The SMILES string of the molecule is CC(CS(C)=O)NC1CSC(C)C1. The summed E-state index contributed by atoms with van der Waals surface area (Å²) in [6, 6.07) is 1.03. The Morgan fingerprint density at radius 1 is 1.69 bits per heavy atom. The summed E-state index contributed by atoms with van der Waals surface area (Å²) in [5.41, 5.74) is 0. The lowest BCUT2D eigenvalue weighted by molar-refractivity contribution is 0.486. The van der Waals surface area contributed by atoms with Crippen molar-refractivity contribution in [3.05, 3.63) is 0 Å². The highest BCUT2D eigenvalue weighted by Crippen LogP contribution is 2.26. The van der Waals surface area contributed by atoms with E-state index in [9.17, 15) is 4.21 Å². The van der Waals surface area contributed by atoms with Crippen molar-refractivity contribution >= 4 is 22.6 Å². The molecule has 1 heterocycles. The lowest BCUT2D eigenvalue weighted by Gasteiger charge is -2.17. The Morgan fingerprint density at radius 3 is 2.85 bits per heavy atom. The van der Waals surface area contributed by atoms with Crippen molar-refractivity contribution in [2.45, 2.75) is 37.6 Å². The predicted octanol–water partition coefficient (Wildman–Crippen LogP) is 1.24. The first-order valence-corrected chi connectivity index (χ1v) is 7.53. The Balaban J connectivity index is 2.20. The fourth-order valence-electron chi connectivity index (χ4n) is 1.74. The van der Waals surface area contributed by atoms with E-state index in [4.69, 9.17) is 0 Å². The van der Waals surface area contributed by atoms with E-state index in [-0.39, 0.29) is 0 Å². The number of rotatable bonds is 4. The van der Waals surface area contributed by atoms with Crippen LogP contribution in [0.5, 0.6) is 0 Å². The van der Waals surface area contributed by atoms with Gasteiger partial charge in [0.2, 0.25) is 0 Å². The molecule has 1 saturated heterocycles. The summed E-state index contributed by atoms with van der Waals surface area (Å²) in [6.45, 7) is 4.39. The molecule has 78 valence electrons. The van der Waals surface area contributed by atoms with E-state index in [1.165, 1.54) is 12.2 Å². The van der Waals surface area contributed by atoms with Crippen LogP contribution in [-0.2, 0) is 10.8 Å². The molecular weight excluding hydrogens is 202 g/mol. The quantitative estimate of drug-likeness (QED) is 0.774. The van der Waals surface area contributed by atoms with Gasteiger partial charge in [0.25, 0.3) is 0 Å². The van der Waals surface area contributed by atoms with Gasteiger partial charge < -0.3 is 5.32 Å². The molecule has 2 nitrogen and oxygen atoms in total. The van der Waals surface area contributed by atoms with Crippen LogP contribution in [0.2, 0.25) is 0 Å². The number of thioether (sulfide) groups is 1. The Hall–Kier alpha value is 0.460. The molecule has 0 aromatic carbocycles. The van der Waals surface area contributed by atoms with E-state index in [1.807, 2.05) is 11.8 Å². The average Bonchev–Trinajstić information content (AvgIpc) is 2.33. The fraction of sp³-hybridized carbons (Fsp3) is 1.00. The number of hydrogen-bond acceptors (Lipinski definition) is 3. The minimum Gasteiger partial charge on any atom is -0.310 e. The molecule has 1 aliphatic heterocycles. The highest BCUT2D eigenvalue weighted by molar-refractivity contribution is 8.00. The maximum absolute atomic E-state index is 11.0. The van der Waals surface area contributed by atoms with Crippen LogP contribution in [0.4, 0.5) is 0 Å². The van der Waals surface area contributed by atoms with Crippen LogP contribution < -0.4 is 5.32 Å². The molecule has 0 bridgehead atoms. The minimum atomic E-state index is -0.674. The highest BCUT2D eigenvalue weighted by Gasteiger charge is 2.22. The van der Waals surface area contributed by atoms with Gasteiger partial charge in [0.05, 0.1) is 0 Å². The van der Waals surface area contributed by atoms with Crippen LogP contribution in [0.1, 0.15) is 20.3 Å². The second-order valence-electron chi connectivity index (χ2n) is 3.88. The van der Waals surface area contributed by atoms with Crippen molar-refractivity contribution in [1.29, 1.82) is 0 Å². The zero-order valence-electron chi connectivity index (χ0n) is 8.58. The maximum atomic E-state index is 11.0.